The van der Waals surface area contributed by atoms with E-state index < -0.39 is 0 Å². The number of rotatable bonds is 2. The van der Waals surface area contributed by atoms with Gasteiger partial charge in [0.2, 0.25) is 5.91 Å². The summed E-state index contributed by atoms with van der Waals surface area (Å²) in [7, 11) is 0. The van der Waals surface area contributed by atoms with Gasteiger partial charge in [0, 0.05) is 37.1 Å². The Morgan fingerprint density at radius 2 is 1.94 bits per heavy atom. The predicted molar refractivity (Wildman–Crippen MR) is 68.5 cm³/mol. The topological polar surface area (TPSA) is 46.3 Å². The van der Waals surface area contributed by atoms with E-state index in [-0.39, 0.29) is 6.04 Å². The summed E-state index contributed by atoms with van der Waals surface area (Å²) in [6.07, 6.45) is 5.43. The summed E-state index contributed by atoms with van der Waals surface area (Å²) in [5, 5.41) is 0. The Morgan fingerprint density at radius 1 is 1.25 bits per heavy atom. The highest BCUT2D eigenvalue weighted by molar-refractivity contribution is 7.99. The van der Waals surface area contributed by atoms with Crippen molar-refractivity contribution >= 4 is 17.7 Å². The monoisotopic (exact) mass is 242 g/mol. The first-order valence-corrected chi connectivity index (χ1v) is 7.54. The summed E-state index contributed by atoms with van der Waals surface area (Å²) in [6.45, 7) is 1.87. The summed E-state index contributed by atoms with van der Waals surface area (Å²) in [6, 6.07) is 0.261. The smallest absolute Gasteiger partial charge is 0.222 e. The summed E-state index contributed by atoms with van der Waals surface area (Å²) in [5.41, 5.74) is 6.08. The van der Waals surface area contributed by atoms with Crippen molar-refractivity contribution in [1.82, 2.24) is 4.90 Å². The highest BCUT2D eigenvalue weighted by atomic mass is 32.2. The van der Waals surface area contributed by atoms with Crippen LogP contribution in [0.15, 0.2) is 0 Å². The maximum atomic E-state index is 12.1. The molecular weight excluding hydrogens is 220 g/mol. The summed E-state index contributed by atoms with van der Waals surface area (Å²) in [5.74, 6) is 2.98. The normalized spacial score (nSPS) is 31.4. The molecular formula is C12H22N2OS. The van der Waals surface area contributed by atoms with Gasteiger partial charge in [-0.25, -0.2) is 0 Å². The Bertz CT molecular complexity index is 241. The van der Waals surface area contributed by atoms with Crippen LogP contribution in [-0.4, -0.2) is 41.4 Å². The standard InChI is InChI=1S/C12H22N2OS/c13-11-4-2-1-3-10(11)9-12(15)14-5-7-16-8-6-14/h10-11H,1-9,13H2. The van der Waals surface area contributed by atoms with Gasteiger partial charge in [-0.1, -0.05) is 12.8 Å². The van der Waals surface area contributed by atoms with Gasteiger partial charge in [0.15, 0.2) is 0 Å². The lowest BCUT2D eigenvalue weighted by atomic mass is 9.83. The molecule has 2 fully saturated rings. The van der Waals surface area contributed by atoms with E-state index in [1.165, 1.54) is 12.8 Å². The molecule has 1 aliphatic carbocycles. The molecule has 0 bridgehead atoms. The molecule has 0 aromatic carbocycles. The van der Waals surface area contributed by atoms with Gasteiger partial charge in [-0.15, -0.1) is 0 Å². The zero-order chi connectivity index (χ0) is 11.4. The Labute approximate surface area is 102 Å². The second kappa shape index (κ2) is 5.92. The first kappa shape index (κ1) is 12.2. The van der Waals surface area contributed by atoms with Crippen LogP contribution in [0, 0.1) is 5.92 Å². The van der Waals surface area contributed by atoms with Crippen molar-refractivity contribution in [3.8, 4) is 0 Å². The molecule has 0 spiro atoms. The molecule has 2 aliphatic rings. The van der Waals surface area contributed by atoms with Crippen LogP contribution in [0.1, 0.15) is 32.1 Å². The van der Waals surface area contributed by atoms with Crippen molar-refractivity contribution in [1.29, 1.82) is 0 Å². The summed E-state index contributed by atoms with van der Waals surface area (Å²) >= 11 is 1.94. The van der Waals surface area contributed by atoms with E-state index in [9.17, 15) is 4.79 Å². The lowest BCUT2D eigenvalue weighted by Crippen LogP contribution is -2.42. The SMILES string of the molecule is NC1CCCCC1CC(=O)N1CCSCC1. The van der Waals surface area contributed by atoms with E-state index in [1.807, 2.05) is 16.7 Å². The Kier molecular flexibility index (Phi) is 4.53. The molecule has 2 N–H and O–H groups in total. The van der Waals surface area contributed by atoms with Crippen molar-refractivity contribution < 1.29 is 4.79 Å². The van der Waals surface area contributed by atoms with Crippen LogP contribution in [0.4, 0.5) is 0 Å². The number of nitrogens with zero attached hydrogens (tertiary/aromatic N) is 1. The van der Waals surface area contributed by atoms with Crippen LogP contribution < -0.4 is 5.73 Å². The Morgan fingerprint density at radius 3 is 2.62 bits per heavy atom. The third kappa shape index (κ3) is 3.14. The van der Waals surface area contributed by atoms with Gasteiger partial charge in [0.1, 0.15) is 0 Å². The van der Waals surface area contributed by atoms with Crippen molar-refractivity contribution in [3.63, 3.8) is 0 Å². The molecule has 92 valence electrons. The van der Waals surface area contributed by atoms with Crippen LogP contribution in [0.2, 0.25) is 0 Å². The quantitative estimate of drug-likeness (QED) is 0.797. The van der Waals surface area contributed by atoms with Crippen LogP contribution >= 0.6 is 11.8 Å². The molecule has 0 radical (unpaired) electrons. The molecule has 1 heterocycles. The van der Waals surface area contributed by atoms with E-state index >= 15 is 0 Å². The fraction of sp³-hybridized carbons (Fsp3) is 0.917. The van der Waals surface area contributed by atoms with Crippen LogP contribution in [0.25, 0.3) is 0 Å². The van der Waals surface area contributed by atoms with Crippen LogP contribution in [-0.2, 0) is 4.79 Å². The molecule has 2 unspecified atom stereocenters. The molecule has 1 saturated carbocycles. The first-order chi connectivity index (χ1) is 7.77. The van der Waals surface area contributed by atoms with E-state index in [0.717, 1.165) is 37.4 Å². The van der Waals surface area contributed by atoms with E-state index in [2.05, 4.69) is 0 Å². The maximum Gasteiger partial charge on any atom is 0.222 e. The van der Waals surface area contributed by atoms with E-state index in [1.54, 1.807) is 0 Å². The second-order valence-electron chi connectivity index (χ2n) is 4.91. The van der Waals surface area contributed by atoms with Crippen molar-refractivity contribution in [3.05, 3.63) is 0 Å². The Balaban J connectivity index is 1.80. The van der Waals surface area contributed by atoms with Crippen LogP contribution in [0.5, 0.6) is 0 Å². The molecule has 1 aliphatic heterocycles. The molecule has 16 heavy (non-hydrogen) atoms. The van der Waals surface area contributed by atoms with Gasteiger partial charge in [-0.3, -0.25) is 4.79 Å². The average molecular weight is 242 g/mol. The summed E-state index contributed by atoms with van der Waals surface area (Å²) < 4.78 is 0. The third-order valence-electron chi connectivity index (χ3n) is 3.77. The highest BCUT2D eigenvalue weighted by Crippen LogP contribution is 2.26. The predicted octanol–water partition coefficient (Wildman–Crippen LogP) is 1.47. The lowest BCUT2D eigenvalue weighted by Gasteiger charge is -2.32. The van der Waals surface area contributed by atoms with Gasteiger partial charge in [-0.05, 0) is 18.8 Å². The molecule has 3 nitrogen and oxygen atoms in total. The Hall–Kier alpha value is -0.220. The molecule has 1 saturated heterocycles. The lowest BCUT2D eigenvalue weighted by molar-refractivity contribution is -0.132. The molecule has 0 aromatic heterocycles. The fourth-order valence-electron chi connectivity index (χ4n) is 2.66. The fourth-order valence-corrected chi connectivity index (χ4v) is 3.56. The largest absolute Gasteiger partial charge is 0.341 e. The number of carbonyl (C=O) groups is 1. The van der Waals surface area contributed by atoms with E-state index in [4.69, 9.17) is 5.73 Å². The van der Waals surface area contributed by atoms with Gasteiger partial charge in [0.05, 0.1) is 0 Å². The van der Waals surface area contributed by atoms with Crippen molar-refractivity contribution in [2.75, 3.05) is 24.6 Å². The zero-order valence-electron chi connectivity index (χ0n) is 9.86. The second-order valence-corrected chi connectivity index (χ2v) is 6.13. The number of nitrogens with two attached hydrogens (primary N) is 1. The zero-order valence-corrected chi connectivity index (χ0v) is 10.7. The van der Waals surface area contributed by atoms with Gasteiger partial charge < -0.3 is 10.6 Å². The number of carbonyl (C=O) groups excluding carboxylic acids is 1. The molecule has 2 rings (SSSR count). The minimum Gasteiger partial charge on any atom is -0.341 e. The number of hydrogen-bond donors (Lipinski definition) is 1. The van der Waals surface area contributed by atoms with Gasteiger partial charge >= 0.3 is 0 Å². The molecule has 1 amide bonds. The first-order valence-electron chi connectivity index (χ1n) is 6.38. The maximum absolute atomic E-state index is 12.1. The molecule has 0 aromatic rings. The summed E-state index contributed by atoms with van der Waals surface area (Å²) in [4.78, 5) is 14.1. The third-order valence-corrected chi connectivity index (χ3v) is 4.71. The van der Waals surface area contributed by atoms with Crippen molar-refractivity contribution in [2.24, 2.45) is 11.7 Å². The molecule has 2 atom stereocenters. The number of thioether (sulfide) groups is 1. The number of amides is 1. The minimum atomic E-state index is 0.261. The van der Waals surface area contributed by atoms with Gasteiger partial charge in [0.25, 0.3) is 0 Å². The van der Waals surface area contributed by atoms with E-state index in [0.29, 0.717) is 18.2 Å². The average Bonchev–Trinajstić information content (AvgIpc) is 2.33. The number of hydrogen-bond acceptors (Lipinski definition) is 3. The molecule has 4 heteroatoms. The van der Waals surface area contributed by atoms with Gasteiger partial charge in [-0.2, -0.15) is 11.8 Å². The van der Waals surface area contributed by atoms with Crippen molar-refractivity contribution in [2.45, 2.75) is 38.1 Å². The minimum absolute atomic E-state index is 0.261. The van der Waals surface area contributed by atoms with Crippen LogP contribution in [0.3, 0.4) is 0 Å². The highest BCUT2D eigenvalue weighted by Gasteiger charge is 2.26.